The molecule has 0 aromatic heterocycles. The minimum atomic E-state index is 0.141. The third-order valence-corrected chi connectivity index (χ3v) is 5.70. The Bertz CT molecular complexity index is 739. The smallest absolute Gasteiger partial charge is 0.223 e. The summed E-state index contributed by atoms with van der Waals surface area (Å²) < 4.78 is 5.84. The van der Waals surface area contributed by atoms with Crippen LogP contribution < -0.4 is 15.4 Å². The van der Waals surface area contributed by atoms with Gasteiger partial charge in [-0.3, -0.25) is 4.79 Å². The second kappa shape index (κ2) is 8.57. The number of amides is 1. The zero-order valence-corrected chi connectivity index (χ0v) is 15.7. The molecule has 3 atom stereocenters. The summed E-state index contributed by atoms with van der Waals surface area (Å²) in [7, 11) is 0. The first-order valence-corrected chi connectivity index (χ1v) is 10.0. The van der Waals surface area contributed by atoms with Gasteiger partial charge in [-0.2, -0.15) is 0 Å². The van der Waals surface area contributed by atoms with Gasteiger partial charge in [0.2, 0.25) is 5.91 Å². The van der Waals surface area contributed by atoms with E-state index in [0.717, 1.165) is 49.7 Å². The lowest BCUT2D eigenvalue weighted by Crippen LogP contribution is -2.28. The van der Waals surface area contributed by atoms with Crippen LogP contribution in [0.5, 0.6) is 5.75 Å². The van der Waals surface area contributed by atoms with Crippen molar-refractivity contribution in [2.24, 2.45) is 11.8 Å². The Labute approximate surface area is 161 Å². The Kier molecular flexibility index (Phi) is 5.73. The predicted molar refractivity (Wildman–Crippen MR) is 107 cm³/mol. The average molecular weight is 364 g/mol. The van der Waals surface area contributed by atoms with Crippen LogP contribution in [-0.4, -0.2) is 25.5 Å². The molecule has 0 radical (unpaired) electrons. The summed E-state index contributed by atoms with van der Waals surface area (Å²) in [5, 5.41) is 6.50. The predicted octanol–water partition coefficient (Wildman–Crippen LogP) is 3.48. The van der Waals surface area contributed by atoms with Gasteiger partial charge in [0.05, 0.1) is 0 Å². The van der Waals surface area contributed by atoms with Crippen LogP contribution in [0.4, 0.5) is 0 Å². The SMILES string of the molecule is O=C(NCCC1CCNC1)C1CC1c1ccc(OCc2ccccc2)cc1. The van der Waals surface area contributed by atoms with Crippen LogP contribution in [-0.2, 0) is 11.4 Å². The maximum atomic E-state index is 12.3. The maximum Gasteiger partial charge on any atom is 0.223 e. The molecule has 2 aromatic carbocycles. The van der Waals surface area contributed by atoms with Crippen LogP contribution in [0, 0.1) is 11.8 Å². The Morgan fingerprint density at radius 3 is 2.67 bits per heavy atom. The molecule has 1 aliphatic carbocycles. The summed E-state index contributed by atoms with van der Waals surface area (Å²) in [6.45, 7) is 3.60. The highest BCUT2D eigenvalue weighted by atomic mass is 16.5. The van der Waals surface area contributed by atoms with Gasteiger partial charge in [0.25, 0.3) is 0 Å². The molecule has 142 valence electrons. The third-order valence-electron chi connectivity index (χ3n) is 5.70. The number of nitrogens with one attached hydrogen (secondary N) is 2. The van der Waals surface area contributed by atoms with Crippen LogP contribution in [0.3, 0.4) is 0 Å². The lowest BCUT2D eigenvalue weighted by atomic mass is 10.1. The fourth-order valence-electron chi connectivity index (χ4n) is 3.90. The van der Waals surface area contributed by atoms with Gasteiger partial charge < -0.3 is 15.4 Å². The van der Waals surface area contributed by atoms with Gasteiger partial charge >= 0.3 is 0 Å². The molecule has 0 bridgehead atoms. The first-order valence-electron chi connectivity index (χ1n) is 10.0. The summed E-state index contributed by atoms with van der Waals surface area (Å²) in [5.41, 5.74) is 2.40. The molecule has 2 fully saturated rings. The average Bonchev–Trinajstić information content (AvgIpc) is 3.35. The number of ether oxygens (including phenoxy) is 1. The number of rotatable bonds is 8. The Hall–Kier alpha value is -2.33. The first kappa shape index (κ1) is 18.1. The van der Waals surface area contributed by atoms with Crippen LogP contribution in [0.1, 0.15) is 36.3 Å². The van der Waals surface area contributed by atoms with E-state index in [4.69, 9.17) is 4.74 Å². The topological polar surface area (TPSA) is 50.4 Å². The van der Waals surface area contributed by atoms with Crippen molar-refractivity contribution >= 4 is 5.91 Å². The van der Waals surface area contributed by atoms with E-state index >= 15 is 0 Å². The summed E-state index contributed by atoms with van der Waals surface area (Å²) in [6, 6.07) is 18.4. The van der Waals surface area contributed by atoms with Crippen molar-refractivity contribution < 1.29 is 9.53 Å². The van der Waals surface area contributed by atoms with Crippen molar-refractivity contribution in [3.63, 3.8) is 0 Å². The van der Waals surface area contributed by atoms with Gasteiger partial charge in [0.15, 0.2) is 0 Å². The van der Waals surface area contributed by atoms with Gasteiger partial charge in [0, 0.05) is 12.5 Å². The molecule has 4 nitrogen and oxygen atoms in total. The molecule has 3 unspecified atom stereocenters. The van der Waals surface area contributed by atoms with E-state index in [0.29, 0.717) is 12.5 Å². The second-order valence-corrected chi connectivity index (χ2v) is 7.73. The maximum absolute atomic E-state index is 12.3. The lowest BCUT2D eigenvalue weighted by Gasteiger charge is -2.09. The molecule has 1 heterocycles. The molecule has 1 amide bonds. The van der Waals surface area contributed by atoms with E-state index in [-0.39, 0.29) is 11.8 Å². The largest absolute Gasteiger partial charge is 0.489 e. The van der Waals surface area contributed by atoms with Crippen molar-refractivity contribution in [3.8, 4) is 5.75 Å². The van der Waals surface area contributed by atoms with Crippen LogP contribution in [0.15, 0.2) is 54.6 Å². The van der Waals surface area contributed by atoms with Crippen molar-refractivity contribution in [3.05, 3.63) is 65.7 Å². The highest BCUT2D eigenvalue weighted by Crippen LogP contribution is 2.47. The molecular weight excluding hydrogens is 336 g/mol. The molecule has 1 aliphatic heterocycles. The highest BCUT2D eigenvalue weighted by Gasteiger charge is 2.43. The van der Waals surface area contributed by atoms with Crippen molar-refractivity contribution in [2.75, 3.05) is 19.6 Å². The van der Waals surface area contributed by atoms with E-state index < -0.39 is 0 Å². The van der Waals surface area contributed by atoms with Gasteiger partial charge in [-0.15, -0.1) is 0 Å². The van der Waals surface area contributed by atoms with E-state index in [2.05, 4.69) is 34.9 Å². The monoisotopic (exact) mass is 364 g/mol. The Morgan fingerprint density at radius 2 is 1.93 bits per heavy atom. The molecule has 1 saturated carbocycles. The summed E-state index contributed by atoms with van der Waals surface area (Å²) >= 11 is 0. The molecule has 4 rings (SSSR count). The highest BCUT2D eigenvalue weighted by molar-refractivity contribution is 5.82. The zero-order chi connectivity index (χ0) is 18.5. The van der Waals surface area contributed by atoms with Gasteiger partial charge in [0.1, 0.15) is 12.4 Å². The van der Waals surface area contributed by atoms with E-state index in [1.807, 2.05) is 30.3 Å². The van der Waals surface area contributed by atoms with Crippen molar-refractivity contribution in [1.29, 1.82) is 0 Å². The van der Waals surface area contributed by atoms with Crippen LogP contribution in [0.2, 0.25) is 0 Å². The molecule has 2 aromatic rings. The number of hydrogen-bond acceptors (Lipinski definition) is 3. The summed E-state index contributed by atoms with van der Waals surface area (Å²) in [5.74, 6) is 2.32. The Morgan fingerprint density at radius 1 is 1.11 bits per heavy atom. The van der Waals surface area contributed by atoms with Crippen molar-refractivity contribution in [2.45, 2.75) is 31.8 Å². The molecule has 0 spiro atoms. The fourth-order valence-corrected chi connectivity index (χ4v) is 3.90. The van der Waals surface area contributed by atoms with Crippen LogP contribution in [0.25, 0.3) is 0 Å². The number of benzene rings is 2. The minimum Gasteiger partial charge on any atom is -0.489 e. The lowest BCUT2D eigenvalue weighted by molar-refractivity contribution is -0.122. The normalized spacial score (nSPS) is 23.8. The quantitative estimate of drug-likeness (QED) is 0.754. The molecule has 4 heteroatoms. The first-order chi connectivity index (χ1) is 13.3. The Balaban J connectivity index is 1.21. The summed E-state index contributed by atoms with van der Waals surface area (Å²) in [4.78, 5) is 12.3. The van der Waals surface area contributed by atoms with E-state index in [1.54, 1.807) is 0 Å². The van der Waals surface area contributed by atoms with E-state index in [1.165, 1.54) is 12.0 Å². The zero-order valence-electron chi connectivity index (χ0n) is 15.7. The molecular formula is C23H28N2O2. The number of carbonyl (C=O) groups is 1. The number of carbonyl (C=O) groups excluding carboxylic acids is 1. The number of hydrogen-bond donors (Lipinski definition) is 2. The molecule has 1 saturated heterocycles. The van der Waals surface area contributed by atoms with Gasteiger partial charge in [-0.25, -0.2) is 0 Å². The van der Waals surface area contributed by atoms with Gasteiger partial charge in [-0.05, 0) is 67.4 Å². The summed E-state index contributed by atoms with van der Waals surface area (Å²) in [6.07, 6.45) is 3.28. The molecule has 27 heavy (non-hydrogen) atoms. The standard InChI is InChI=1S/C23H28N2O2/c26-23(25-13-11-17-10-12-24-15-17)22-14-21(22)19-6-8-20(9-7-19)27-16-18-4-2-1-3-5-18/h1-9,17,21-22,24H,10-16H2,(H,25,26). The molecule has 2 aliphatic rings. The second-order valence-electron chi connectivity index (χ2n) is 7.73. The van der Waals surface area contributed by atoms with Gasteiger partial charge in [-0.1, -0.05) is 42.5 Å². The van der Waals surface area contributed by atoms with Crippen molar-refractivity contribution in [1.82, 2.24) is 10.6 Å². The van der Waals surface area contributed by atoms with E-state index in [9.17, 15) is 4.79 Å². The fraction of sp³-hybridized carbons (Fsp3) is 0.435. The molecule has 2 N–H and O–H groups in total. The third kappa shape index (κ3) is 4.89. The minimum absolute atomic E-state index is 0.141. The van der Waals surface area contributed by atoms with Crippen LogP contribution >= 0.6 is 0 Å².